The highest BCUT2D eigenvalue weighted by Crippen LogP contribution is 2.10. The largest absolute Gasteiger partial charge is 0.378 e. The van der Waals surface area contributed by atoms with E-state index < -0.39 is 0 Å². The molecule has 2 aliphatic heterocycles. The number of hydrogen-bond acceptors (Lipinski definition) is 4. The summed E-state index contributed by atoms with van der Waals surface area (Å²) in [6.45, 7) is 7.16. The number of ether oxygens (including phenoxy) is 1. The van der Waals surface area contributed by atoms with Crippen LogP contribution in [0.15, 0.2) is 24.5 Å². The van der Waals surface area contributed by atoms with E-state index in [9.17, 15) is 4.79 Å². The fraction of sp³-hybridized carbons (Fsp3) is 0.600. The van der Waals surface area contributed by atoms with Crippen LogP contribution < -0.4 is 0 Å². The van der Waals surface area contributed by atoms with Gasteiger partial charge in [-0.2, -0.15) is 0 Å². The Morgan fingerprint density at radius 1 is 1.00 bits per heavy atom. The van der Waals surface area contributed by atoms with Crippen LogP contribution in [-0.2, 0) is 11.3 Å². The molecule has 2 aliphatic rings. The van der Waals surface area contributed by atoms with Crippen molar-refractivity contribution in [3.8, 4) is 0 Å². The third-order valence-corrected chi connectivity index (χ3v) is 4.08. The Morgan fingerprint density at radius 3 is 2.29 bits per heavy atom. The molecule has 0 atom stereocenters. The predicted octanol–water partition coefficient (Wildman–Crippen LogP) is 0.651. The van der Waals surface area contributed by atoms with E-state index in [4.69, 9.17) is 4.74 Å². The van der Waals surface area contributed by atoms with Gasteiger partial charge in [0.2, 0.25) is 0 Å². The Morgan fingerprint density at radius 2 is 1.62 bits per heavy atom. The van der Waals surface area contributed by atoms with E-state index in [1.54, 1.807) is 0 Å². The average Bonchev–Trinajstić information content (AvgIpc) is 2.57. The second kappa shape index (κ2) is 6.87. The van der Waals surface area contributed by atoms with Gasteiger partial charge in [-0.1, -0.05) is 0 Å². The van der Waals surface area contributed by atoms with Crippen molar-refractivity contribution in [2.45, 2.75) is 6.54 Å². The molecule has 0 aromatic carbocycles. The minimum Gasteiger partial charge on any atom is -0.378 e. The molecule has 2 fully saturated rings. The number of nitrogens with zero attached hydrogens (tertiary/aromatic N) is 4. The molecule has 21 heavy (non-hydrogen) atoms. The molecule has 3 rings (SSSR count). The van der Waals surface area contributed by atoms with Crippen molar-refractivity contribution in [1.82, 2.24) is 19.7 Å². The van der Waals surface area contributed by atoms with E-state index in [1.165, 1.54) is 5.56 Å². The number of carbonyl (C=O) groups excluding carboxylic acids is 1. The van der Waals surface area contributed by atoms with Crippen LogP contribution >= 0.6 is 0 Å². The first-order chi connectivity index (χ1) is 10.3. The summed E-state index contributed by atoms with van der Waals surface area (Å²) >= 11 is 0. The molecule has 2 saturated heterocycles. The smallest absolute Gasteiger partial charge is 0.320 e. The Hall–Kier alpha value is -1.66. The number of carbonyl (C=O) groups is 1. The third kappa shape index (κ3) is 3.71. The van der Waals surface area contributed by atoms with Crippen LogP contribution in [-0.4, -0.2) is 78.2 Å². The quantitative estimate of drug-likeness (QED) is 0.802. The molecule has 2 amide bonds. The number of pyridine rings is 1. The van der Waals surface area contributed by atoms with Crippen LogP contribution in [0.5, 0.6) is 0 Å². The molecule has 0 spiro atoms. The maximum absolute atomic E-state index is 12.4. The first kappa shape index (κ1) is 14.3. The molecule has 1 aromatic heterocycles. The highest BCUT2D eigenvalue weighted by atomic mass is 16.5. The van der Waals surface area contributed by atoms with Crippen molar-refractivity contribution in [2.24, 2.45) is 0 Å². The molecular weight excluding hydrogens is 268 g/mol. The average molecular weight is 290 g/mol. The molecule has 1 aromatic rings. The predicted molar refractivity (Wildman–Crippen MR) is 78.9 cm³/mol. The summed E-state index contributed by atoms with van der Waals surface area (Å²) in [6, 6.07) is 4.26. The van der Waals surface area contributed by atoms with E-state index in [0.29, 0.717) is 13.2 Å². The van der Waals surface area contributed by atoms with Crippen molar-refractivity contribution < 1.29 is 9.53 Å². The molecule has 0 unspecified atom stereocenters. The lowest BCUT2D eigenvalue weighted by Gasteiger charge is -2.38. The van der Waals surface area contributed by atoms with Crippen molar-refractivity contribution >= 4 is 6.03 Å². The van der Waals surface area contributed by atoms with Crippen LogP contribution in [0.25, 0.3) is 0 Å². The summed E-state index contributed by atoms with van der Waals surface area (Å²) in [5, 5.41) is 0. The van der Waals surface area contributed by atoms with E-state index in [-0.39, 0.29) is 6.03 Å². The van der Waals surface area contributed by atoms with Crippen molar-refractivity contribution in [1.29, 1.82) is 0 Å². The first-order valence-corrected chi connectivity index (χ1v) is 7.56. The number of rotatable bonds is 2. The van der Waals surface area contributed by atoms with Crippen LogP contribution in [0.2, 0.25) is 0 Å². The number of piperazine rings is 1. The first-order valence-electron chi connectivity index (χ1n) is 7.56. The molecule has 6 heteroatoms. The number of hydrogen-bond donors (Lipinski definition) is 0. The van der Waals surface area contributed by atoms with Crippen LogP contribution in [0, 0.1) is 0 Å². The molecule has 0 bridgehead atoms. The number of aromatic nitrogens is 1. The van der Waals surface area contributed by atoms with Gasteiger partial charge in [0.05, 0.1) is 13.2 Å². The normalized spacial score (nSPS) is 20.6. The Labute approximate surface area is 125 Å². The van der Waals surface area contributed by atoms with E-state index in [2.05, 4.69) is 9.88 Å². The zero-order valence-corrected chi connectivity index (χ0v) is 12.3. The van der Waals surface area contributed by atoms with Gasteiger partial charge < -0.3 is 14.5 Å². The SMILES string of the molecule is O=C(N1CCOCC1)N1CCN(Cc2ccncc2)CC1. The summed E-state index contributed by atoms with van der Waals surface area (Å²) in [4.78, 5) is 22.7. The molecule has 0 radical (unpaired) electrons. The van der Waals surface area contributed by atoms with E-state index in [0.717, 1.165) is 45.8 Å². The standard InChI is InChI=1S/C15H22N4O2/c20-15(19-9-11-21-12-10-19)18-7-5-17(6-8-18)13-14-1-3-16-4-2-14/h1-4H,5-13H2. The van der Waals surface area contributed by atoms with Gasteiger partial charge in [-0.3, -0.25) is 9.88 Å². The van der Waals surface area contributed by atoms with Gasteiger partial charge in [-0.15, -0.1) is 0 Å². The van der Waals surface area contributed by atoms with Gasteiger partial charge in [-0.05, 0) is 17.7 Å². The van der Waals surface area contributed by atoms with Gasteiger partial charge in [0.15, 0.2) is 0 Å². The van der Waals surface area contributed by atoms with Crippen LogP contribution in [0.4, 0.5) is 4.79 Å². The lowest BCUT2D eigenvalue weighted by molar-refractivity contribution is 0.0373. The van der Waals surface area contributed by atoms with Gasteiger partial charge in [-0.25, -0.2) is 4.79 Å². The Bertz CT molecular complexity index is 454. The van der Waals surface area contributed by atoms with Crippen LogP contribution in [0.1, 0.15) is 5.56 Å². The molecule has 3 heterocycles. The molecule has 0 N–H and O–H groups in total. The lowest BCUT2D eigenvalue weighted by atomic mass is 10.2. The highest BCUT2D eigenvalue weighted by molar-refractivity contribution is 5.74. The summed E-state index contributed by atoms with van der Waals surface area (Å²) in [5.41, 5.74) is 1.28. The van der Waals surface area contributed by atoms with Gasteiger partial charge in [0, 0.05) is 58.2 Å². The number of urea groups is 1. The van der Waals surface area contributed by atoms with Crippen LogP contribution in [0.3, 0.4) is 0 Å². The molecule has 114 valence electrons. The molecule has 6 nitrogen and oxygen atoms in total. The Kier molecular flexibility index (Phi) is 4.67. The molecule has 0 saturated carbocycles. The van der Waals surface area contributed by atoms with Gasteiger partial charge >= 0.3 is 6.03 Å². The topological polar surface area (TPSA) is 48.9 Å². The summed E-state index contributed by atoms with van der Waals surface area (Å²) < 4.78 is 5.29. The zero-order valence-electron chi connectivity index (χ0n) is 12.3. The maximum atomic E-state index is 12.4. The van der Waals surface area contributed by atoms with Gasteiger partial charge in [0.25, 0.3) is 0 Å². The molecule has 0 aliphatic carbocycles. The Balaban J connectivity index is 1.47. The highest BCUT2D eigenvalue weighted by Gasteiger charge is 2.26. The number of amides is 2. The monoisotopic (exact) mass is 290 g/mol. The zero-order chi connectivity index (χ0) is 14.5. The minimum atomic E-state index is 0.168. The van der Waals surface area contributed by atoms with E-state index >= 15 is 0 Å². The fourth-order valence-corrected chi connectivity index (χ4v) is 2.80. The second-order valence-electron chi connectivity index (χ2n) is 5.50. The minimum absolute atomic E-state index is 0.168. The molecular formula is C15H22N4O2. The maximum Gasteiger partial charge on any atom is 0.320 e. The summed E-state index contributed by atoms with van der Waals surface area (Å²) in [7, 11) is 0. The third-order valence-electron chi connectivity index (χ3n) is 4.08. The van der Waals surface area contributed by atoms with Gasteiger partial charge in [0.1, 0.15) is 0 Å². The van der Waals surface area contributed by atoms with Crippen molar-refractivity contribution in [3.63, 3.8) is 0 Å². The summed E-state index contributed by atoms with van der Waals surface area (Å²) in [5.74, 6) is 0. The van der Waals surface area contributed by atoms with E-state index in [1.807, 2.05) is 34.3 Å². The fourth-order valence-electron chi connectivity index (χ4n) is 2.80. The number of morpholine rings is 1. The van der Waals surface area contributed by atoms with Crippen molar-refractivity contribution in [3.05, 3.63) is 30.1 Å². The summed E-state index contributed by atoms with van der Waals surface area (Å²) in [6.07, 6.45) is 3.65. The lowest BCUT2D eigenvalue weighted by Crippen LogP contribution is -2.54. The van der Waals surface area contributed by atoms with Crippen molar-refractivity contribution in [2.75, 3.05) is 52.5 Å². The second-order valence-corrected chi connectivity index (χ2v) is 5.50.